The Morgan fingerprint density at radius 3 is 2.75 bits per heavy atom. The number of hydrogen-bond donors (Lipinski definition) is 1. The van der Waals surface area contributed by atoms with Crippen molar-refractivity contribution in [3.63, 3.8) is 0 Å². The van der Waals surface area contributed by atoms with Crippen LogP contribution in [0.3, 0.4) is 0 Å². The molecule has 0 saturated heterocycles. The summed E-state index contributed by atoms with van der Waals surface area (Å²) in [5, 5.41) is 19.6. The molecule has 2 aromatic rings. The van der Waals surface area contributed by atoms with E-state index in [4.69, 9.17) is 9.84 Å². The number of carbonyl (C=O) groups is 1. The van der Waals surface area contributed by atoms with E-state index in [2.05, 4.69) is 15.9 Å². The lowest BCUT2D eigenvalue weighted by atomic mass is 10.3. The first-order chi connectivity index (χ1) is 9.49. The number of rotatable bonds is 5. The molecule has 0 amide bonds. The third kappa shape index (κ3) is 3.14. The molecule has 0 saturated carbocycles. The molecule has 0 bridgehead atoms. The molecule has 8 heteroatoms. The van der Waals surface area contributed by atoms with Crippen LogP contribution in [-0.4, -0.2) is 16.0 Å². The van der Waals surface area contributed by atoms with Gasteiger partial charge >= 0.3 is 5.97 Å². The zero-order valence-electron chi connectivity index (χ0n) is 9.91. The van der Waals surface area contributed by atoms with Crippen molar-refractivity contribution in [1.29, 1.82) is 0 Å². The molecule has 0 spiro atoms. The second-order valence-electron chi connectivity index (χ2n) is 3.71. The van der Waals surface area contributed by atoms with E-state index in [9.17, 15) is 14.9 Å². The summed E-state index contributed by atoms with van der Waals surface area (Å²) in [4.78, 5) is 22.0. The van der Waals surface area contributed by atoms with E-state index in [1.54, 1.807) is 12.1 Å². The lowest BCUT2D eigenvalue weighted by Gasteiger charge is -2.06. The van der Waals surface area contributed by atoms with Gasteiger partial charge in [0.05, 0.1) is 4.92 Å². The van der Waals surface area contributed by atoms with Gasteiger partial charge in [0.1, 0.15) is 21.7 Å². The van der Waals surface area contributed by atoms with Crippen LogP contribution in [0.4, 0.5) is 5.69 Å². The van der Waals surface area contributed by atoms with Crippen LogP contribution >= 0.6 is 27.3 Å². The van der Waals surface area contributed by atoms with Gasteiger partial charge < -0.3 is 9.84 Å². The molecule has 20 heavy (non-hydrogen) atoms. The van der Waals surface area contributed by atoms with Crippen LogP contribution < -0.4 is 4.74 Å². The van der Waals surface area contributed by atoms with Gasteiger partial charge in [0.25, 0.3) is 5.69 Å². The van der Waals surface area contributed by atoms with Crippen molar-refractivity contribution in [1.82, 2.24) is 0 Å². The number of nitro benzene ring substituents is 1. The number of nitro groups is 1. The normalized spacial score (nSPS) is 10.2. The van der Waals surface area contributed by atoms with Gasteiger partial charge in [-0.15, -0.1) is 11.3 Å². The predicted octanol–water partition coefficient (Wildman–Crippen LogP) is 3.70. The van der Waals surface area contributed by atoms with E-state index < -0.39 is 10.9 Å². The van der Waals surface area contributed by atoms with E-state index in [-0.39, 0.29) is 21.6 Å². The van der Waals surface area contributed by atoms with Crippen molar-refractivity contribution >= 4 is 38.9 Å². The Balaban J connectivity index is 2.12. The first-order valence-corrected chi connectivity index (χ1v) is 6.97. The van der Waals surface area contributed by atoms with E-state index >= 15 is 0 Å². The fourth-order valence-corrected chi connectivity index (χ4v) is 2.75. The summed E-state index contributed by atoms with van der Waals surface area (Å²) in [5.41, 5.74) is -0.0834. The highest BCUT2D eigenvalue weighted by Crippen LogP contribution is 2.34. The first-order valence-electron chi connectivity index (χ1n) is 5.36. The minimum absolute atomic E-state index is 0.0834. The predicted molar refractivity (Wildman–Crippen MR) is 76.4 cm³/mol. The van der Waals surface area contributed by atoms with Crippen molar-refractivity contribution < 1.29 is 19.6 Å². The average molecular weight is 358 g/mol. The van der Waals surface area contributed by atoms with E-state index in [1.807, 2.05) is 0 Å². The molecule has 0 aliphatic heterocycles. The highest BCUT2D eigenvalue weighted by atomic mass is 79.9. The summed E-state index contributed by atoms with van der Waals surface area (Å²) in [6.07, 6.45) is 0. The smallest absolute Gasteiger partial charge is 0.345 e. The molecule has 0 radical (unpaired) electrons. The van der Waals surface area contributed by atoms with Crippen molar-refractivity contribution in [3.05, 3.63) is 54.7 Å². The number of nitrogens with zero attached hydrogens (tertiary/aromatic N) is 1. The molecule has 2 rings (SSSR count). The van der Waals surface area contributed by atoms with Gasteiger partial charge in [-0.3, -0.25) is 10.1 Å². The standard InChI is InChI=1S/C12H8BrNO5S/c13-11-8(14(17)18)2-1-3-9(11)19-6-7-4-5-10(20-7)12(15)16/h1-5H,6H2,(H,15,16). The molecule has 1 N–H and O–H groups in total. The highest BCUT2D eigenvalue weighted by Gasteiger charge is 2.16. The summed E-state index contributed by atoms with van der Waals surface area (Å²) in [6, 6.07) is 7.64. The molecule has 0 aliphatic rings. The Bertz CT molecular complexity index is 670. The van der Waals surface area contributed by atoms with Crippen LogP contribution in [0.5, 0.6) is 5.75 Å². The quantitative estimate of drug-likeness (QED) is 0.650. The molecule has 104 valence electrons. The number of thiophene rings is 1. The van der Waals surface area contributed by atoms with Gasteiger partial charge in [-0.05, 0) is 34.1 Å². The van der Waals surface area contributed by atoms with Crippen molar-refractivity contribution in [2.45, 2.75) is 6.61 Å². The maximum atomic E-state index is 10.8. The van der Waals surface area contributed by atoms with Crippen molar-refractivity contribution in [2.24, 2.45) is 0 Å². The molecular weight excluding hydrogens is 350 g/mol. The van der Waals surface area contributed by atoms with Gasteiger partial charge in [-0.25, -0.2) is 4.79 Å². The summed E-state index contributed by atoms with van der Waals surface area (Å²) >= 11 is 4.23. The molecule has 1 aromatic heterocycles. The number of aromatic carboxylic acids is 1. The van der Waals surface area contributed by atoms with Gasteiger partial charge in [-0.2, -0.15) is 0 Å². The maximum absolute atomic E-state index is 10.8. The summed E-state index contributed by atoms with van der Waals surface area (Å²) in [6.45, 7) is 0.151. The Morgan fingerprint density at radius 2 is 2.15 bits per heavy atom. The van der Waals surface area contributed by atoms with Gasteiger partial charge in [-0.1, -0.05) is 6.07 Å². The minimum atomic E-state index is -0.988. The van der Waals surface area contributed by atoms with Crippen LogP contribution in [0.1, 0.15) is 14.5 Å². The molecule has 0 fully saturated rings. The highest BCUT2D eigenvalue weighted by molar-refractivity contribution is 9.10. The number of carboxylic acids is 1. The lowest BCUT2D eigenvalue weighted by molar-refractivity contribution is -0.385. The van der Waals surface area contributed by atoms with Gasteiger partial charge in [0, 0.05) is 10.9 Å². The summed E-state index contributed by atoms with van der Waals surface area (Å²) in [5.74, 6) is -0.651. The molecule has 6 nitrogen and oxygen atoms in total. The van der Waals surface area contributed by atoms with Crippen LogP contribution in [-0.2, 0) is 6.61 Å². The van der Waals surface area contributed by atoms with Crippen LogP contribution in [0.15, 0.2) is 34.8 Å². The fraction of sp³-hybridized carbons (Fsp3) is 0.0833. The molecule has 0 unspecified atom stereocenters. The summed E-state index contributed by atoms with van der Waals surface area (Å²) in [7, 11) is 0. The Kier molecular flexibility index (Phi) is 4.35. The van der Waals surface area contributed by atoms with E-state index in [1.165, 1.54) is 18.2 Å². The van der Waals surface area contributed by atoms with Crippen LogP contribution in [0.2, 0.25) is 0 Å². The Morgan fingerprint density at radius 1 is 1.40 bits per heavy atom. The molecule has 1 heterocycles. The van der Waals surface area contributed by atoms with Gasteiger partial charge in [0.15, 0.2) is 0 Å². The van der Waals surface area contributed by atoms with Crippen molar-refractivity contribution in [3.8, 4) is 5.75 Å². The Hall–Kier alpha value is -1.93. The SMILES string of the molecule is O=C(O)c1ccc(COc2cccc([N+](=O)[O-])c2Br)s1. The van der Waals surface area contributed by atoms with E-state index in [0.717, 1.165) is 16.2 Å². The number of carboxylic acid groups (broad SMARTS) is 1. The monoisotopic (exact) mass is 357 g/mol. The number of halogens is 1. The molecule has 0 atom stereocenters. The fourth-order valence-electron chi connectivity index (χ4n) is 1.47. The van der Waals surface area contributed by atoms with Crippen LogP contribution in [0, 0.1) is 10.1 Å². The molecular formula is C12H8BrNO5S. The maximum Gasteiger partial charge on any atom is 0.345 e. The van der Waals surface area contributed by atoms with Crippen molar-refractivity contribution in [2.75, 3.05) is 0 Å². The molecule has 1 aromatic carbocycles. The largest absolute Gasteiger partial charge is 0.487 e. The Labute approximate surface area is 125 Å². The second kappa shape index (κ2) is 6.02. The van der Waals surface area contributed by atoms with Crippen LogP contribution in [0.25, 0.3) is 0 Å². The first kappa shape index (κ1) is 14.5. The number of hydrogen-bond acceptors (Lipinski definition) is 5. The molecule has 0 aliphatic carbocycles. The minimum Gasteiger partial charge on any atom is -0.487 e. The zero-order valence-corrected chi connectivity index (χ0v) is 12.3. The zero-order chi connectivity index (χ0) is 14.7. The second-order valence-corrected chi connectivity index (χ2v) is 5.67. The van der Waals surface area contributed by atoms with E-state index in [0.29, 0.717) is 5.75 Å². The lowest BCUT2D eigenvalue weighted by Crippen LogP contribution is -1.96. The average Bonchev–Trinajstić information content (AvgIpc) is 2.86. The third-order valence-electron chi connectivity index (χ3n) is 2.38. The number of benzene rings is 1. The topological polar surface area (TPSA) is 89.7 Å². The third-order valence-corrected chi connectivity index (χ3v) is 4.23. The van der Waals surface area contributed by atoms with Gasteiger partial charge in [0.2, 0.25) is 0 Å². The number of ether oxygens (including phenoxy) is 1. The summed E-state index contributed by atoms with van der Waals surface area (Å²) < 4.78 is 5.74.